The molecule has 2 amide bonds. The SMILES string of the molecule is COc1ccccc1CNC(=O)[C@H](NC(=O)C12CC3CC(CC(C3)C1)C2)C(C)C. The van der Waals surface area contributed by atoms with Crippen LogP contribution in [0.15, 0.2) is 24.3 Å². The molecule has 0 saturated heterocycles. The molecule has 158 valence electrons. The van der Waals surface area contributed by atoms with Gasteiger partial charge in [0.2, 0.25) is 11.8 Å². The third kappa shape index (κ3) is 4.01. The number of methoxy groups -OCH3 is 1. The van der Waals surface area contributed by atoms with E-state index in [1.165, 1.54) is 19.3 Å². The second-order valence-corrected chi connectivity index (χ2v) is 9.92. The fourth-order valence-electron chi connectivity index (χ4n) is 6.36. The Morgan fingerprint density at radius 1 is 1.07 bits per heavy atom. The maximum absolute atomic E-state index is 13.4. The second kappa shape index (κ2) is 8.00. The van der Waals surface area contributed by atoms with Gasteiger partial charge in [-0.2, -0.15) is 0 Å². The number of amides is 2. The highest BCUT2D eigenvalue weighted by atomic mass is 16.5. The van der Waals surface area contributed by atoms with Gasteiger partial charge in [-0.05, 0) is 68.3 Å². The van der Waals surface area contributed by atoms with Crippen molar-refractivity contribution < 1.29 is 14.3 Å². The van der Waals surface area contributed by atoms with Crippen molar-refractivity contribution in [1.29, 1.82) is 0 Å². The molecule has 0 aromatic heterocycles. The summed E-state index contributed by atoms with van der Waals surface area (Å²) in [5, 5.41) is 6.16. The van der Waals surface area contributed by atoms with Gasteiger partial charge < -0.3 is 15.4 Å². The summed E-state index contributed by atoms with van der Waals surface area (Å²) < 4.78 is 5.37. The average molecular weight is 399 g/mol. The van der Waals surface area contributed by atoms with Crippen LogP contribution in [0.4, 0.5) is 0 Å². The minimum Gasteiger partial charge on any atom is -0.496 e. The maximum atomic E-state index is 13.4. The zero-order valence-electron chi connectivity index (χ0n) is 17.9. The van der Waals surface area contributed by atoms with Crippen LogP contribution in [0.25, 0.3) is 0 Å². The number of ether oxygens (including phenoxy) is 1. The lowest BCUT2D eigenvalue weighted by Gasteiger charge is -2.55. The smallest absolute Gasteiger partial charge is 0.243 e. The standard InChI is InChI=1S/C24H34N2O3/c1-15(2)21(22(27)25-14-19-6-4-5-7-20(19)29-3)26-23(28)24-11-16-8-17(12-24)10-18(9-16)13-24/h4-7,15-18,21H,8-14H2,1-3H3,(H,25,27)(H,26,28)/t16?,17?,18?,21-,24?/m1/s1. The quantitative estimate of drug-likeness (QED) is 0.736. The maximum Gasteiger partial charge on any atom is 0.243 e. The van der Waals surface area contributed by atoms with Crippen molar-refractivity contribution in [2.24, 2.45) is 29.1 Å². The second-order valence-electron chi connectivity index (χ2n) is 9.92. The van der Waals surface area contributed by atoms with Crippen LogP contribution in [-0.2, 0) is 16.1 Å². The van der Waals surface area contributed by atoms with E-state index in [1.807, 2.05) is 38.1 Å². The number of carbonyl (C=O) groups is 2. The number of nitrogens with one attached hydrogen (secondary N) is 2. The Morgan fingerprint density at radius 2 is 1.66 bits per heavy atom. The van der Waals surface area contributed by atoms with Gasteiger partial charge in [0.25, 0.3) is 0 Å². The highest BCUT2D eigenvalue weighted by Crippen LogP contribution is 2.60. The van der Waals surface area contributed by atoms with Crippen LogP contribution < -0.4 is 15.4 Å². The lowest BCUT2D eigenvalue weighted by molar-refractivity contribution is -0.149. The van der Waals surface area contributed by atoms with Crippen molar-refractivity contribution in [3.05, 3.63) is 29.8 Å². The van der Waals surface area contributed by atoms with Crippen molar-refractivity contribution in [1.82, 2.24) is 10.6 Å². The molecule has 1 atom stereocenters. The van der Waals surface area contributed by atoms with E-state index in [9.17, 15) is 9.59 Å². The molecule has 0 aliphatic heterocycles. The van der Waals surface area contributed by atoms with Gasteiger partial charge in [0.1, 0.15) is 11.8 Å². The van der Waals surface area contributed by atoms with Crippen LogP contribution in [0.3, 0.4) is 0 Å². The highest BCUT2D eigenvalue weighted by molar-refractivity contribution is 5.90. The summed E-state index contributed by atoms with van der Waals surface area (Å²) in [5.41, 5.74) is 0.698. The minimum absolute atomic E-state index is 0.0329. The third-order valence-electron chi connectivity index (χ3n) is 7.40. The fourth-order valence-corrected chi connectivity index (χ4v) is 6.36. The lowest BCUT2D eigenvalue weighted by Crippen LogP contribution is -2.58. The van der Waals surface area contributed by atoms with Crippen molar-refractivity contribution in [3.8, 4) is 5.75 Å². The molecule has 4 saturated carbocycles. The number of carbonyl (C=O) groups excluding carboxylic acids is 2. The number of benzene rings is 1. The van der Waals surface area contributed by atoms with E-state index < -0.39 is 6.04 Å². The topological polar surface area (TPSA) is 67.4 Å². The number of para-hydroxylation sites is 1. The van der Waals surface area contributed by atoms with Crippen LogP contribution in [0.5, 0.6) is 5.75 Å². The normalized spacial score (nSPS) is 30.8. The van der Waals surface area contributed by atoms with Crippen molar-refractivity contribution in [3.63, 3.8) is 0 Å². The van der Waals surface area contributed by atoms with Gasteiger partial charge >= 0.3 is 0 Å². The van der Waals surface area contributed by atoms with Gasteiger partial charge in [0.05, 0.1) is 7.11 Å². The molecule has 0 radical (unpaired) electrons. The zero-order chi connectivity index (χ0) is 20.6. The molecule has 0 unspecified atom stereocenters. The summed E-state index contributed by atoms with van der Waals surface area (Å²) in [6.45, 7) is 4.37. The summed E-state index contributed by atoms with van der Waals surface area (Å²) in [6, 6.07) is 7.16. The molecule has 1 aromatic carbocycles. The molecule has 0 heterocycles. The number of hydrogen-bond acceptors (Lipinski definition) is 3. The first kappa shape index (κ1) is 20.2. The first-order valence-corrected chi connectivity index (χ1v) is 11.1. The molecule has 4 fully saturated rings. The Morgan fingerprint density at radius 3 is 2.21 bits per heavy atom. The Labute approximate surface area is 174 Å². The largest absolute Gasteiger partial charge is 0.496 e. The van der Waals surface area contributed by atoms with Crippen LogP contribution in [-0.4, -0.2) is 25.0 Å². The van der Waals surface area contributed by atoms with E-state index in [0.717, 1.165) is 30.6 Å². The average Bonchev–Trinajstić information content (AvgIpc) is 2.69. The van der Waals surface area contributed by atoms with Crippen LogP contribution >= 0.6 is 0 Å². The van der Waals surface area contributed by atoms with Gasteiger partial charge in [-0.15, -0.1) is 0 Å². The predicted molar refractivity (Wildman–Crippen MR) is 112 cm³/mol. The summed E-state index contributed by atoms with van der Waals surface area (Å²) >= 11 is 0. The fraction of sp³-hybridized carbons (Fsp3) is 0.667. The van der Waals surface area contributed by atoms with Crippen molar-refractivity contribution >= 4 is 11.8 Å². The molecule has 4 aliphatic rings. The van der Waals surface area contributed by atoms with Crippen molar-refractivity contribution in [2.75, 3.05) is 7.11 Å². The zero-order valence-corrected chi connectivity index (χ0v) is 17.9. The minimum atomic E-state index is -0.509. The van der Waals surface area contributed by atoms with E-state index in [4.69, 9.17) is 4.74 Å². The summed E-state index contributed by atoms with van der Waals surface area (Å²) in [5.74, 6) is 2.92. The van der Waals surface area contributed by atoms with E-state index in [1.54, 1.807) is 7.11 Å². The first-order chi connectivity index (χ1) is 13.9. The summed E-state index contributed by atoms with van der Waals surface area (Å²) in [6.07, 6.45) is 6.95. The van der Waals surface area contributed by atoms with Crippen molar-refractivity contribution in [2.45, 2.75) is 65.0 Å². The molecule has 5 heteroatoms. The van der Waals surface area contributed by atoms with E-state index in [2.05, 4.69) is 10.6 Å². The predicted octanol–water partition coefficient (Wildman–Crippen LogP) is 3.67. The van der Waals surface area contributed by atoms with Gasteiger partial charge in [0, 0.05) is 17.5 Å². The van der Waals surface area contributed by atoms with E-state index in [0.29, 0.717) is 24.3 Å². The molecular formula is C24H34N2O3. The van der Waals surface area contributed by atoms with Gasteiger partial charge in [-0.25, -0.2) is 0 Å². The van der Waals surface area contributed by atoms with E-state index in [-0.39, 0.29) is 23.1 Å². The Balaban J connectivity index is 1.41. The molecular weight excluding hydrogens is 364 g/mol. The number of rotatable bonds is 7. The van der Waals surface area contributed by atoms with Crippen LogP contribution in [0, 0.1) is 29.1 Å². The monoisotopic (exact) mass is 398 g/mol. The molecule has 0 spiro atoms. The van der Waals surface area contributed by atoms with Gasteiger partial charge in [-0.3, -0.25) is 9.59 Å². The molecule has 5 nitrogen and oxygen atoms in total. The van der Waals surface area contributed by atoms with Crippen LogP contribution in [0.1, 0.15) is 57.9 Å². The van der Waals surface area contributed by atoms with Crippen LogP contribution in [0.2, 0.25) is 0 Å². The molecule has 2 N–H and O–H groups in total. The summed E-state index contributed by atoms with van der Waals surface area (Å²) in [4.78, 5) is 26.3. The Kier molecular flexibility index (Phi) is 5.58. The Bertz CT molecular complexity index is 738. The van der Waals surface area contributed by atoms with Gasteiger partial charge in [-0.1, -0.05) is 32.0 Å². The third-order valence-corrected chi connectivity index (χ3v) is 7.40. The summed E-state index contributed by atoms with van der Waals surface area (Å²) in [7, 11) is 1.63. The molecule has 4 bridgehead atoms. The molecule has 1 aromatic rings. The van der Waals surface area contributed by atoms with Gasteiger partial charge in [0.15, 0.2) is 0 Å². The Hall–Kier alpha value is -2.04. The number of hydrogen-bond donors (Lipinski definition) is 2. The first-order valence-electron chi connectivity index (χ1n) is 11.1. The lowest BCUT2D eigenvalue weighted by atomic mass is 9.49. The molecule has 4 aliphatic carbocycles. The molecule has 5 rings (SSSR count). The van der Waals surface area contributed by atoms with E-state index >= 15 is 0 Å². The highest BCUT2D eigenvalue weighted by Gasteiger charge is 2.55. The molecule has 29 heavy (non-hydrogen) atoms.